The Kier molecular flexibility index (Phi) is 3.31. The summed E-state index contributed by atoms with van der Waals surface area (Å²) in [6.45, 7) is 0. The molecule has 2 heterocycles. The Morgan fingerprint density at radius 3 is 2.57 bits per heavy atom. The van der Waals surface area contributed by atoms with Crippen molar-refractivity contribution in [2.45, 2.75) is 6.04 Å². The van der Waals surface area contributed by atoms with Gasteiger partial charge in [-0.25, -0.2) is 0 Å². The Morgan fingerprint density at radius 2 is 1.83 bits per heavy atom. The fourth-order valence-electron chi connectivity index (χ4n) is 2.75. The molecular weight excluding hydrogens is 288 g/mol. The van der Waals surface area contributed by atoms with Crippen LogP contribution >= 0.6 is 0 Å². The lowest BCUT2D eigenvalue weighted by Crippen LogP contribution is -2.19. The van der Waals surface area contributed by atoms with E-state index in [9.17, 15) is 0 Å². The third-order valence-corrected chi connectivity index (χ3v) is 3.93. The molecule has 1 N–H and O–H groups in total. The van der Waals surface area contributed by atoms with Crippen LogP contribution in [0.5, 0.6) is 5.75 Å². The molecule has 5 nitrogen and oxygen atoms in total. The van der Waals surface area contributed by atoms with Gasteiger partial charge >= 0.3 is 0 Å². The lowest BCUT2D eigenvalue weighted by atomic mass is 10.0. The summed E-state index contributed by atoms with van der Waals surface area (Å²) in [5.41, 5.74) is 3.26. The molecule has 2 aromatic carbocycles. The van der Waals surface area contributed by atoms with Crippen molar-refractivity contribution < 1.29 is 4.74 Å². The monoisotopic (exact) mass is 304 g/mol. The summed E-state index contributed by atoms with van der Waals surface area (Å²) in [5.74, 6) is 1.58. The third kappa shape index (κ3) is 2.46. The molecule has 114 valence electrons. The summed E-state index contributed by atoms with van der Waals surface area (Å²) in [5, 5.41) is 7.73. The summed E-state index contributed by atoms with van der Waals surface area (Å²) >= 11 is 0. The topological polar surface area (TPSA) is 52.0 Å². The van der Waals surface area contributed by atoms with E-state index in [0.29, 0.717) is 0 Å². The largest absolute Gasteiger partial charge is 0.497 e. The van der Waals surface area contributed by atoms with Gasteiger partial charge < -0.3 is 10.1 Å². The predicted molar refractivity (Wildman–Crippen MR) is 89.2 cm³/mol. The van der Waals surface area contributed by atoms with Gasteiger partial charge in [0.1, 0.15) is 12.1 Å². The number of benzene rings is 2. The van der Waals surface area contributed by atoms with Crippen molar-refractivity contribution in [3.63, 3.8) is 0 Å². The predicted octanol–water partition coefficient (Wildman–Crippen LogP) is 3.34. The van der Waals surface area contributed by atoms with Gasteiger partial charge in [0.05, 0.1) is 18.8 Å². The van der Waals surface area contributed by atoms with Gasteiger partial charge in [0.2, 0.25) is 5.95 Å². The highest BCUT2D eigenvalue weighted by Gasteiger charge is 2.22. The Bertz CT molecular complexity index is 837. The van der Waals surface area contributed by atoms with E-state index < -0.39 is 0 Å². The molecule has 0 saturated heterocycles. The average Bonchev–Trinajstić information content (AvgIpc) is 3.10. The summed E-state index contributed by atoms with van der Waals surface area (Å²) in [6, 6.07) is 18.3. The highest BCUT2D eigenvalue weighted by Crippen LogP contribution is 2.32. The first kappa shape index (κ1) is 13.6. The minimum absolute atomic E-state index is 0.0602. The molecule has 1 atom stereocenters. The Labute approximate surface area is 134 Å². The van der Waals surface area contributed by atoms with E-state index in [2.05, 4.69) is 33.6 Å². The molecule has 4 rings (SSSR count). The number of rotatable bonds is 3. The van der Waals surface area contributed by atoms with Crippen LogP contribution < -0.4 is 10.1 Å². The number of methoxy groups -OCH3 is 1. The van der Waals surface area contributed by atoms with E-state index in [-0.39, 0.29) is 6.04 Å². The van der Waals surface area contributed by atoms with E-state index in [0.717, 1.165) is 23.0 Å². The van der Waals surface area contributed by atoms with Crippen LogP contribution in [0.3, 0.4) is 0 Å². The minimum atomic E-state index is 0.0602. The standard InChI is InChI=1S/C18H16N4O/c1-23-15-9-7-14(8-10-15)17-11-16(13-5-3-2-4-6-13)21-18-19-12-20-22(17)18/h2-12,16H,1H3,(H,19,20,21). The molecule has 1 unspecified atom stereocenters. The van der Waals surface area contributed by atoms with E-state index in [1.165, 1.54) is 5.56 Å². The molecule has 1 aliphatic heterocycles. The van der Waals surface area contributed by atoms with Gasteiger partial charge in [0.25, 0.3) is 0 Å². The molecular formula is C18H16N4O. The molecule has 0 aliphatic carbocycles. The van der Waals surface area contributed by atoms with Crippen LogP contribution in [0.4, 0.5) is 5.95 Å². The molecule has 0 bridgehead atoms. The number of fused-ring (bicyclic) bond motifs is 1. The molecule has 0 amide bonds. The lowest BCUT2D eigenvalue weighted by molar-refractivity contribution is 0.415. The minimum Gasteiger partial charge on any atom is -0.497 e. The molecule has 1 aromatic heterocycles. The van der Waals surface area contributed by atoms with E-state index in [4.69, 9.17) is 4.74 Å². The third-order valence-electron chi connectivity index (χ3n) is 3.93. The van der Waals surface area contributed by atoms with Crippen LogP contribution in [-0.4, -0.2) is 21.9 Å². The van der Waals surface area contributed by atoms with Crippen LogP contribution in [0.1, 0.15) is 17.2 Å². The smallest absolute Gasteiger partial charge is 0.226 e. The number of nitrogens with zero attached hydrogens (tertiary/aromatic N) is 3. The van der Waals surface area contributed by atoms with Crippen LogP contribution in [0.2, 0.25) is 0 Å². The van der Waals surface area contributed by atoms with Crippen molar-refractivity contribution in [2.24, 2.45) is 0 Å². The van der Waals surface area contributed by atoms with Crippen LogP contribution in [-0.2, 0) is 0 Å². The summed E-state index contributed by atoms with van der Waals surface area (Å²) in [4.78, 5) is 4.32. The fraction of sp³-hybridized carbons (Fsp3) is 0.111. The van der Waals surface area contributed by atoms with Crippen molar-refractivity contribution in [1.82, 2.24) is 14.8 Å². The van der Waals surface area contributed by atoms with Crippen LogP contribution in [0, 0.1) is 0 Å². The van der Waals surface area contributed by atoms with Gasteiger partial charge in [-0.05, 0) is 35.9 Å². The number of aromatic nitrogens is 3. The van der Waals surface area contributed by atoms with Gasteiger partial charge in [-0.15, -0.1) is 0 Å². The van der Waals surface area contributed by atoms with Crippen molar-refractivity contribution >= 4 is 11.6 Å². The molecule has 0 radical (unpaired) electrons. The number of hydrogen-bond acceptors (Lipinski definition) is 4. The average molecular weight is 304 g/mol. The van der Waals surface area contributed by atoms with Gasteiger partial charge in [-0.2, -0.15) is 14.8 Å². The van der Waals surface area contributed by atoms with E-state index >= 15 is 0 Å². The molecule has 1 aliphatic rings. The highest BCUT2D eigenvalue weighted by molar-refractivity contribution is 5.71. The van der Waals surface area contributed by atoms with Gasteiger partial charge in [-0.3, -0.25) is 0 Å². The van der Waals surface area contributed by atoms with Gasteiger partial charge in [-0.1, -0.05) is 30.3 Å². The molecule has 3 aromatic rings. The van der Waals surface area contributed by atoms with Crippen LogP contribution in [0.25, 0.3) is 5.70 Å². The first-order valence-corrected chi connectivity index (χ1v) is 7.43. The molecule has 0 saturated carbocycles. The van der Waals surface area contributed by atoms with Crippen molar-refractivity contribution in [3.05, 3.63) is 78.1 Å². The number of ether oxygens (including phenoxy) is 1. The summed E-state index contributed by atoms with van der Waals surface area (Å²) in [7, 11) is 1.67. The first-order chi connectivity index (χ1) is 11.3. The second kappa shape index (κ2) is 5.61. The van der Waals surface area contributed by atoms with Crippen molar-refractivity contribution in [1.29, 1.82) is 0 Å². The lowest BCUT2D eigenvalue weighted by Gasteiger charge is -2.24. The Morgan fingerprint density at radius 1 is 1.04 bits per heavy atom. The molecule has 5 heteroatoms. The van der Waals surface area contributed by atoms with E-state index in [1.54, 1.807) is 13.4 Å². The summed E-state index contributed by atoms with van der Waals surface area (Å²) < 4.78 is 7.06. The van der Waals surface area contributed by atoms with Gasteiger partial charge in [0, 0.05) is 5.56 Å². The highest BCUT2D eigenvalue weighted by atomic mass is 16.5. The maximum Gasteiger partial charge on any atom is 0.226 e. The summed E-state index contributed by atoms with van der Waals surface area (Å²) in [6.07, 6.45) is 3.73. The molecule has 0 spiro atoms. The Hall–Kier alpha value is -3.08. The number of anilines is 1. The zero-order valence-corrected chi connectivity index (χ0v) is 12.7. The number of hydrogen-bond donors (Lipinski definition) is 1. The van der Waals surface area contributed by atoms with Crippen molar-refractivity contribution in [3.8, 4) is 5.75 Å². The number of nitrogens with one attached hydrogen (secondary N) is 1. The second-order valence-corrected chi connectivity index (χ2v) is 5.31. The van der Waals surface area contributed by atoms with Gasteiger partial charge in [0.15, 0.2) is 0 Å². The SMILES string of the molecule is COc1ccc(C2=CC(c3ccccc3)Nc3ncnn32)cc1. The second-order valence-electron chi connectivity index (χ2n) is 5.31. The Balaban J connectivity index is 1.79. The first-order valence-electron chi connectivity index (χ1n) is 7.43. The molecule has 0 fully saturated rings. The van der Waals surface area contributed by atoms with Crippen molar-refractivity contribution in [2.75, 3.05) is 12.4 Å². The normalized spacial score (nSPS) is 16.2. The maximum absolute atomic E-state index is 5.23. The zero-order chi connectivity index (χ0) is 15.6. The molecule has 23 heavy (non-hydrogen) atoms. The quantitative estimate of drug-likeness (QED) is 0.806. The van der Waals surface area contributed by atoms with Crippen LogP contribution in [0.15, 0.2) is 67.0 Å². The maximum atomic E-state index is 5.23. The zero-order valence-electron chi connectivity index (χ0n) is 12.7. The van der Waals surface area contributed by atoms with E-state index in [1.807, 2.05) is 47.1 Å². The fourth-order valence-corrected chi connectivity index (χ4v) is 2.75.